The third kappa shape index (κ3) is 3.40. The molecule has 0 bridgehead atoms. The minimum absolute atomic E-state index is 0.0768. The topological polar surface area (TPSA) is 75.0 Å². The second-order valence-electron chi connectivity index (χ2n) is 2.37. The summed E-state index contributed by atoms with van der Waals surface area (Å²) in [5, 5.41) is 13.8. The number of nitriles is 1. The number of hydrogen-bond donors (Lipinski definition) is 1. The molecular formula is C9H9N3O2S. The molecule has 0 radical (unpaired) electrons. The van der Waals surface area contributed by atoms with E-state index in [1.807, 2.05) is 0 Å². The van der Waals surface area contributed by atoms with Crippen LogP contribution >= 0.6 is 11.3 Å². The van der Waals surface area contributed by atoms with Crippen LogP contribution in [0.1, 0.15) is 6.92 Å². The summed E-state index contributed by atoms with van der Waals surface area (Å²) >= 11 is 1.37. The molecule has 15 heavy (non-hydrogen) atoms. The number of rotatable bonds is 4. The average Bonchev–Trinajstić information content (AvgIpc) is 2.72. The lowest BCUT2D eigenvalue weighted by atomic mass is 10.3. The molecule has 5 nitrogen and oxygen atoms in total. The lowest BCUT2D eigenvalue weighted by Crippen LogP contribution is -2.07. The van der Waals surface area contributed by atoms with Crippen molar-refractivity contribution in [3.63, 3.8) is 0 Å². The molecule has 1 aromatic rings. The van der Waals surface area contributed by atoms with E-state index in [1.165, 1.54) is 17.5 Å². The van der Waals surface area contributed by atoms with Gasteiger partial charge in [0, 0.05) is 17.8 Å². The highest BCUT2D eigenvalue weighted by Crippen LogP contribution is 2.10. The van der Waals surface area contributed by atoms with E-state index < -0.39 is 5.97 Å². The standard InChI is InChI=1S/C9H9N3O2S/c1-2-14-8(13)7(5-10)6-12-9-11-3-4-15-9/h3-4,6H,2H2,1H3,(H,11,12)/b7-6+. The smallest absolute Gasteiger partial charge is 0.350 e. The number of ether oxygens (including phenoxy) is 1. The van der Waals surface area contributed by atoms with Crippen molar-refractivity contribution in [3.05, 3.63) is 23.3 Å². The van der Waals surface area contributed by atoms with Crippen LogP contribution in [0.15, 0.2) is 23.3 Å². The van der Waals surface area contributed by atoms with Gasteiger partial charge in [0.2, 0.25) is 0 Å². The van der Waals surface area contributed by atoms with Crippen LogP contribution in [0.5, 0.6) is 0 Å². The van der Waals surface area contributed by atoms with Crippen molar-refractivity contribution in [2.24, 2.45) is 0 Å². The molecule has 0 fully saturated rings. The Balaban J connectivity index is 2.63. The van der Waals surface area contributed by atoms with E-state index in [0.29, 0.717) is 5.13 Å². The molecule has 0 aliphatic rings. The van der Waals surface area contributed by atoms with E-state index in [4.69, 9.17) is 5.26 Å². The van der Waals surface area contributed by atoms with Crippen LogP contribution < -0.4 is 5.32 Å². The number of carbonyl (C=O) groups is 1. The molecule has 78 valence electrons. The highest BCUT2D eigenvalue weighted by Gasteiger charge is 2.09. The van der Waals surface area contributed by atoms with Gasteiger partial charge in [0.1, 0.15) is 6.07 Å². The Morgan fingerprint density at radius 2 is 2.67 bits per heavy atom. The number of anilines is 1. The summed E-state index contributed by atoms with van der Waals surface area (Å²) in [5.41, 5.74) is -0.0768. The van der Waals surface area contributed by atoms with E-state index in [9.17, 15) is 4.79 Å². The fourth-order valence-electron chi connectivity index (χ4n) is 0.774. The van der Waals surface area contributed by atoms with Crippen molar-refractivity contribution < 1.29 is 9.53 Å². The zero-order valence-corrected chi connectivity index (χ0v) is 8.87. The Morgan fingerprint density at radius 3 is 3.20 bits per heavy atom. The van der Waals surface area contributed by atoms with E-state index >= 15 is 0 Å². The van der Waals surface area contributed by atoms with E-state index in [0.717, 1.165) is 0 Å². The summed E-state index contributed by atoms with van der Waals surface area (Å²) < 4.78 is 4.68. The zero-order valence-electron chi connectivity index (χ0n) is 8.06. The fourth-order valence-corrected chi connectivity index (χ4v) is 1.27. The Hall–Kier alpha value is -1.87. The second kappa shape index (κ2) is 5.78. The minimum atomic E-state index is -0.635. The van der Waals surface area contributed by atoms with Gasteiger partial charge >= 0.3 is 5.97 Å². The maximum Gasteiger partial charge on any atom is 0.350 e. The van der Waals surface area contributed by atoms with E-state index in [1.54, 1.807) is 24.6 Å². The maximum absolute atomic E-state index is 11.2. The van der Waals surface area contributed by atoms with E-state index in [-0.39, 0.29) is 12.2 Å². The first-order valence-corrected chi connectivity index (χ1v) is 5.09. The molecule has 0 aliphatic heterocycles. The Kier molecular flexibility index (Phi) is 4.31. The molecule has 0 aromatic carbocycles. The fraction of sp³-hybridized carbons (Fsp3) is 0.222. The molecule has 1 N–H and O–H groups in total. The molecule has 0 amide bonds. The maximum atomic E-state index is 11.2. The van der Waals surface area contributed by atoms with Gasteiger partial charge in [0.15, 0.2) is 10.7 Å². The second-order valence-corrected chi connectivity index (χ2v) is 3.27. The molecule has 1 rings (SSSR count). The van der Waals surface area contributed by atoms with Crippen molar-refractivity contribution >= 4 is 22.4 Å². The first-order chi connectivity index (χ1) is 7.27. The summed E-state index contributed by atoms with van der Waals surface area (Å²) in [6.07, 6.45) is 2.91. The summed E-state index contributed by atoms with van der Waals surface area (Å²) in [6.45, 7) is 1.93. The van der Waals surface area contributed by atoms with Crippen LogP contribution in [-0.4, -0.2) is 17.6 Å². The van der Waals surface area contributed by atoms with Gasteiger partial charge in [-0.25, -0.2) is 9.78 Å². The van der Waals surface area contributed by atoms with Crippen molar-refractivity contribution in [1.29, 1.82) is 5.26 Å². The predicted molar refractivity (Wildman–Crippen MR) is 56.1 cm³/mol. The van der Waals surface area contributed by atoms with Crippen LogP contribution in [0.3, 0.4) is 0 Å². The molecule has 0 aliphatic carbocycles. The number of nitrogens with one attached hydrogen (secondary N) is 1. The van der Waals surface area contributed by atoms with Crippen LogP contribution in [0, 0.1) is 11.3 Å². The molecule has 0 unspecified atom stereocenters. The molecule has 0 spiro atoms. The number of hydrogen-bond acceptors (Lipinski definition) is 6. The zero-order chi connectivity index (χ0) is 11.1. The quantitative estimate of drug-likeness (QED) is 0.476. The first-order valence-electron chi connectivity index (χ1n) is 4.21. The molecule has 1 aromatic heterocycles. The molecule has 1 heterocycles. The highest BCUT2D eigenvalue weighted by atomic mass is 32.1. The average molecular weight is 223 g/mol. The molecule has 0 atom stereocenters. The normalized spacial score (nSPS) is 10.5. The van der Waals surface area contributed by atoms with Crippen LogP contribution in [0.25, 0.3) is 0 Å². The third-order valence-corrected chi connectivity index (χ3v) is 2.09. The van der Waals surface area contributed by atoms with Gasteiger partial charge in [0.05, 0.1) is 6.61 Å². The van der Waals surface area contributed by atoms with Crippen LogP contribution in [-0.2, 0) is 9.53 Å². The summed E-state index contributed by atoms with van der Waals surface area (Å²) in [6, 6.07) is 1.75. The predicted octanol–water partition coefficient (Wildman–Crippen LogP) is 1.53. The third-order valence-electron chi connectivity index (χ3n) is 1.39. The van der Waals surface area contributed by atoms with Gasteiger partial charge in [-0.15, -0.1) is 11.3 Å². The van der Waals surface area contributed by atoms with Crippen LogP contribution in [0.4, 0.5) is 5.13 Å². The van der Waals surface area contributed by atoms with Crippen molar-refractivity contribution in [2.75, 3.05) is 11.9 Å². The number of thiazole rings is 1. The van der Waals surface area contributed by atoms with Gasteiger partial charge in [-0.2, -0.15) is 5.26 Å². The minimum Gasteiger partial charge on any atom is -0.462 e. The number of nitrogens with zero attached hydrogens (tertiary/aromatic N) is 2. The monoisotopic (exact) mass is 223 g/mol. The summed E-state index contributed by atoms with van der Waals surface area (Å²) in [5.74, 6) is -0.635. The highest BCUT2D eigenvalue weighted by molar-refractivity contribution is 7.13. The lowest BCUT2D eigenvalue weighted by molar-refractivity contribution is -0.138. The number of esters is 1. The first kappa shape index (κ1) is 11.2. The SMILES string of the molecule is CCOC(=O)/C(C#N)=C/Nc1nccs1. The van der Waals surface area contributed by atoms with Gasteiger partial charge in [-0.1, -0.05) is 0 Å². The van der Waals surface area contributed by atoms with Gasteiger partial charge in [-0.05, 0) is 6.92 Å². The summed E-state index contributed by atoms with van der Waals surface area (Å²) in [7, 11) is 0. The Labute approximate surface area is 91.0 Å². The van der Waals surface area contributed by atoms with Crippen molar-refractivity contribution in [1.82, 2.24) is 4.98 Å². The van der Waals surface area contributed by atoms with Gasteiger partial charge in [-0.3, -0.25) is 0 Å². The van der Waals surface area contributed by atoms with Gasteiger partial charge < -0.3 is 10.1 Å². The molecule has 6 heteroatoms. The largest absolute Gasteiger partial charge is 0.462 e. The summed E-state index contributed by atoms with van der Waals surface area (Å²) in [4.78, 5) is 15.1. The molecule has 0 saturated heterocycles. The van der Waals surface area contributed by atoms with Crippen LogP contribution in [0.2, 0.25) is 0 Å². The Bertz CT molecular complexity index is 392. The van der Waals surface area contributed by atoms with E-state index in [2.05, 4.69) is 15.0 Å². The number of carbonyl (C=O) groups excluding carboxylic acids is 1. The van der Waals surface area contributed by atoms with Gasteiger partial charge in [0.25, 0.3) is 0 Å². The number of aromatic nitrogens is 1. The van der Waals surface area contributed by atoms with Crippen molar-refractivity contribution in [2.45, 2.75) is 6.92 Å². The Morgan fingerprint density at radius 1 is 1.87 bits per heavy atom. The molecular weight excluding hydrogens is 214 g/mol. The lowest BCUT2D eigenvalue weighted by Gasteiger charge is -1.99. The molecule has 0 saturated carbocycles. The van der Waals surface area contributed by atoms with Crippen molar-refractivity contribution in [3.8, 4) is 6.07 Å².